The van der Waals surface area contributed by atoms with Gasteiger partial charge in [-0.15, -0.1) is 0 Å². The zero-order chi connectivity index (χ0) is 17.2. The van der Waals surface area contributed by atoms with Gasteiger partial charge in [0.05, 0.1) is 0 Å². The van der Waals surface area contributed by atoms with Gasteiger partial charge in [0.15, 0.2) is 0 Å². The summed E-state index contributed by atoms with van der Waals surface area (Å²) in [7, 11) is 0. The van der Waals surface area contributed by atoms with Crippen molar-refractivity contribution in [3.63, 3.8) is 0 Å². The summed E-state index contributed by atoms with van der Waals surface area (Å²) in [5.41, 5.74) is 2.56. The number of nitrogens with one attached hydrogen (secondary N) is 2. The monoisotopic (exact) mass is 316 g/mol. The molecule has 0 spiro atoms. The zero-order valence-corrected chi connectivity index (χ0v) is 13.6. The molecule has 120 valence electrons. The fourth-order valence-corrected chi connectivity index (χ4v) is 1.99. The Kier molecular flexibility index (Phi) is 6.47. The standard InChI is InChI=1S/C14H12N2O.C7H8/c15-13(11-7-3-1-4-8-11)16-14(17)12-9-5-2-6-10-12;1-7-5-3-2-4-6-7/h1-10H,(H2,15,16,17);2-6H,1H3. The SMILES string of the molecule is Cc1ccccc1.N=C(NC(=O)c1ccccc1)c1ccccc1. The second kappa shape index (κ2) is 9.06. The molecule has 3 heteroatoms. The molecule has 2 N–H and O–H groups in total. The Bertz CT molecular complexity index is 719. The van der Waals surface area contributed by atoms with Gasteiger partial charge in [0.25, 0.3) is 5.91 Å². The molecule has 0 unspecified atom stereocenters. The van der Waals surface area contributed by atoms with Crippen LogP contribution in [0.3, 0.4) is 0 Å². The fraction of sp³-hybridized carbons (Fsp3) is 0.0476. The van der Waals surface area contributed by atoms with Gasteiger partial charge in [-0.05, 0) is 19.1 Å². The molecule has 0 aromatic heterocycles. The predicted molar refractivity (Wildman–Crippen MR) is 98.4 cm³/mol. The number of amides is 1. The second-order valence-corrected chi connectivity index (χ2v) is 5.22. The minimum atomic E-state index is -0.264. The fourth-order valence-electron chi connectivity index (χ4n) is 1.99. The Morgan fingerprint density at radius 2 is 1.12 bits per heavy atom. The van der Waals surface area contributed by atoms with Gasteiger partial charge in [-0.2, -0.15) is 0 Å². The Labute approximate surface area is 142 Å². The first-order valence-corrected chi connectivity index (χ1v) is 7.69. The summed E-state index contributed by atoms with van der Waals surface area (Å²) in [5, 5.41) is 10.3. The molecular formula is C21H20N2O. The molecule has 0 aliphatic heterocycles. The molecule has 3 nitrogen and oxygen atoms in total. The van der Waals surface area contributed by atoms with Crippen molar-refractivity contribution in [3.05, 3.63) is 108 Å². The van der Waals surface area contributed by atoms with Crippen molar-refractivity contribution < 1.29 is 4.79 Å². The van der Waals surface area contributed by atoms with Crippen LogP contribution < -0.4 is 5.32 Å². The summed E-state index contributed by atoms with van der Waals surface area (Å²) < 4.78 is 0. The first-order chi connectivity index (χ1) is 11.7. The Balaban J connectivity index is 0.000000249. The average molecular weight is 316 g/mol. The minimum absolute atomic E-state index is 0.111. The highest BCUT2D eigenvalue weighted by Gasteiger charge is 2.07. The van der Waals surface area contributed by atoms with Crippen LogP contribution in [0.15, 0.2) is 91.0 Å². The molecule has 0 heterocycles. The van der Waals surface area contributed by atoms with Crippen LogP contribution in [0.4, 0.5) is 0 Å². The molecule has 0 bridgehead atoms. The number of rotatable bonds is 2. The van der Waals surface area contributed by atoms with Crippen LogP contribution in [0, 0.1) is 12.3 Å². The van der Waals surface area contributed by atoms with E-state index in [9.17, 15) is 4.79 Å². The second-order valence-electron chi connectivity index (χ2n) is 5.22. The third kappa shape index (κ3) is 5.54. The van der Waals surface area contributed by atoms with Gasteiger partial charge in [-0.3, -0.25) is 10.2 Å². The average Bonchev–Trinajstić information content (AvgIpc) is 2.64. The molecule has 1 amide bonds. The highest BCUT2D eigenvalue weighted by molar-refractivity contribution is 6.11. The van der Waals surface area contributed by atoms with E-state index < -0.39 is 0 Å². The molecule has 0 aliphatic rings. The van der Waals surface area contributed by atoms with Gasteiger partial charge in [-0.1, -0.05) is 84.4 Å². The molecule has 0 saturated carbocycles. The molecule has 3 aromatic rings. The number of aryl methyl sites for hydroxylation is 1. The van der Waals surface area contributed by atoms with E-state index in [0.29, 0.717) is 11.1 Å². The van der Waals surface area contributed by atoms with E-state index in [1.807, 2.05) is 42.5 Å². The Morgan fingerprint density at radius 3 is 1.54 bits per heavy atom. The van der Waals surface area contributed by atoms with Crippen molar-refractivity contribution in [2.24, 2.45) is 0 Å². The number of amidine groups is 1. The molecule has 3 aromatic carbocycles. The lowest BCUT2D eigenvalue weighted by atomic mass is 10.2. The predicted octanol–water partition coefficient (Wildman–Crippen LogP) is 4.44. The van der Waals surface area contributed by atoms with Gasteiger partial charge < -0.3 is 5.32 Å². The summed E-state index contributed by atoms with van der Waals surface area (Å²) in [6, 6.07) is 28.2. The Hall–Kier alpha value is -3.20. The molecule has 0 atom stereocenters. The Morgan fingerprint density at radius 1 is 0.708 bits per heavy atom. The van der Waals surface area contributed by atoms with Crippen molar-refractivity contribution >= 4 is 11.7 Å². The number of carbonyl (C=O) groups excluding carboxylic acids is 1. The minimum Gasteiger partial charge on any atom is -0.307 e. The molecule has 0 aliphatic carbocycles. The lowest BCUT2D eigenvalue weighted by Crippen LogP contribution is -2.30. The summed E-state index contributed by atoms with van der Waals surface area (Å²) in [6.45, 7) is 2.08. The van der Waals surface area contributed by atoms with Crippen LogP contribution >= 0.6 is 0 Å². The van der Waals surface area contributed by atoms with Gasteiger partial charge in [0.2, 0.25) is 0 Å². The normalized spacial score (nSPS) is 9.38. The molecule has 0 fully saturated rings. The highest BCUT2D eigenvalue weighted by Crippen LogP contribution is 2.01. The van der Waals surface area contributed by atoms with E-state index in [2.05, 4.69) is 24.4 Å². The maximum absolute atomic E-state index is 11.8. The van der Waals surface area contributed by atoms with Crippen LogP contribution in [-0.4, -0.2) is 11.7 Å². The van der Waals surface area contributed by atoms with Gasteiger partial charge >= 0.3 is 0 Å². The molecular weight excluding hydrogens is 296 g/mol. The number of carbonyl (C=O) groups is 1. The third-order valence-electron chi connectivity index (χ3n) is 3.28. The van der Waals surface area contributed by atoms with Crippen LogP contribution in [0.25, 0.3) is 0 Å². The number of benzene rings is 3. The van der Waals surface area contributed by atoms with Crippen molar-refractivity contribution in [1.82, 2.24) is 5.32 Å². The van der Waals surface area contributed by atoms with Crippen LogP contribution in [0.2, 0.25) is 0 Å². The van der Waals surface area contributed by atoms with Crippen molar-refractivity contribution in [3.8, 4) is 0 Å². The third-order valence-corrected chi connectivity index (χ3v) is 3.28. The van der Waals surface area contributed by atoms with E-state index in [1.165, 1.54) is 5.56 Å². The molecule has 0 radical (unpaired) electrons. The van der Waals surface area contributed by atoms with Crippen LogP contribution in [0.1, 0.15) is 21.5 Å². The largest absolute Gasteiger partial charge is 0.307 e. The molecule has 0 saturated heterocycles. The van der Waals surface area contributed by atoms with Crippen molar-refractivity contribution in [2.75, 3.05) is 0 Å². The quantitative estimate of drug-likeness (QED) is 0.533. The summed E-state index contributed by atoms with van der Waals surface area (Å²) >= 11 is 0. The van der Waals surface area contributed by atoms with Gasteiger partial charge in [0.1, 0.15) is 5.84 Å². The van der Waals surface area contributed by atoms with E-state index in [-0.39, 0.29) is 11.7 Å². The first kappa shape index (κ1) is 17.2. The lowest BCUT2D eigenvalue weighted by molar-refractivity contribution is 0.0977. The van der Waals surface area contributed by atoms with Crippen LogP contribution in [-0.2, 0) is 0 Å². The lowest BCUT2D eigenvalue weighted by Gasteiger charge is -2.06. The number of hydrogen-bond donors (Lipinski definition) is 2. The maximum Gasteiger partial charge on any atom is 0.256 e. The van der Waals surface area contributed by atoms with Crippen LogP contribution in [0.5, 0.6) is 0 Å². The van der Waals surface area contributed by atoms with Gasteiger partial charge in [0, 0.05) is 11.1 Å². The van der Waals surface area contributed by atoms with Crippen molar-refractivity contribution in [2.45, 2.75) is 6.92 Å². The summed E-state index contributed by atoms with van der Waals surface area (Å²) in [6.07, 6.45) is 0. The summed E-state index contributed by atoms with van der Waals surface area (Å²) in [5.74, 6) is -0.154. The molecule has 3 rings (SSSR count). The van der Waals surface area contributed by atoms with E-state index in [1.54, 1.807) is 36.4 Å². The van der Waals surface area contributed by atoms with Gasteiger partial charge in [-0.25, -0.2) is 0 Å². The number of hydrogen-bond acceptors (Lipinski definition) is 2. The van der Waals surface area contributed by atoms with E-state index >= 15 is 0 Å². The topological polar surface area (TPSA) is 53.0 Å². The smallest absolute Gasteiger partial charge is 0.256 e. The van der Waals surface area contributed by atoms with E-state index in [0.717, 1.165) is 0 Å². The molecule has 24 heavy (non-hydrogen) atoms. The van der Waals surface area contributed by atoms with Crippen molar-refractivity contribution in [1.29, 1.82) is 5.41 Å². The van der Waals surface area contributed by atoms with E-state index in [4.69, 9.17) is 5.41 Å². The highest BCUT2D eigenvalue weighted by atomic mass is 16.1. The maximum atomic E-state index is 11.8. The summed E-state index contributed by atoms with van der Waals surface area (Å²) in [4.78, 5) is 11.8. The zero-order valence-electron chi connectivity index (χ0n) is 13.6. The first-order valence-electron chi connectivity index (χ1n) is 7.69.